The molecular weight excluding hydrogens is 260 g/mol. The third kappa shape index (κ3) is 2.19. The number of benzene rings is 1. The van der Waals surface area contributed by atoms with E-state index in [1.54, 1.807) is 0 Å². The van der Waals surface area contributed by atoms with Gasteiger partial charge in [-0.05, 0) is 6.26 Å². The number of hydrogen-bond donors (Lipinski definition) is 1. The minimum absolute atomic E-state index is 0.288. The van der Waals surface area contributed by atoms with Crippen LogP contribution in [0.2, 0.25) is 0 Å². The molecule has 2 heterocycles. The maximum absolute atomic E-state index is 5.89. The van der Waals surface area contributed by atoms with E-state index in [0.29, 0.717) is 22.1 Å². The highest BCUT2D eigenvalue weighted by molar-refractivity contribution is 7.98. The zero-order valence-electron chi connectivity index (χ0n) is 10.1. The van der Waals surface area contributed by atoms with E-state index in [1.807, 2.05) is 36.6 Å². The molecule has 0 amide bonds. The van der Waals surface area contributed by atoms with Gasteiger partial charge in [-0.1, -0.05) is 42.1 Å². The van der Waals surface area contributed by atoms with Crippen LogP contribution >= 0.6 is 11.8 Å². The number of nitrogens with two attached hydrogens (primary N) is 1. The molecule has 2 N–H and O–H groups in total. The Morgan fingerprint density at radius 3 is 2.53 bits per heavy atom. The molecule has 0 aliphatic rings. The van der Waals surface area contributed by atoms with Gasteiger partial charge in [0.2, 0.25) is 5.16 Å². The fourth-order valence-electron chi connectivity index (χ4n) is 1.64. The molecule has 7 heteroatoms. The van der Waals surface area contributed by atoms with Gasteiger partial charge < -0.3 is 5.73 Å². The van der Waals surface area contributed by atoms with Gasteiger partial charge in [0.15, 0.2) is 22.8 Å². The van der Waals surface area contributed by atoms with Crippen molar-refractivity contribution < 1.29 is 0 Å². The summed E-state index contributed by atoms with van der Waals surface area (Å²) in [5.74, 6) is 0.828. The molecule has 0 saturated carbocycles. The summed E-state index contributed by atoms with van der Waals surface area (Å²) in [6.45, 7) is 0. The van der Waals surface area contributed by atoms with Gasteiger partial charge >= 0.3 is 0 Å². The lowest BCUT2D eigenvalue weighted by molar-refractivity contribution is 0.871. The largest absolute Gasteiger partial charge is 0.382 e. The predicted octanol–water partition coefficient (Wildman–Crippen LogP) is 1.79. The van der Waals surface area contributed by atoms with E-state index in [-0.39, 0.29) is 5.82 Å². The summed E-state index contributed by atoms with van der Waals surface area (Å²) >= 11 is 1.41. The Labute approximate surface area is 113 Å². The van der Waals surface area contributed by atoms with Crippen LogP contribution in [0.1, 0.15) is 0 Å². The minimum atomic E-state index is 0.288. The number of nitrogen functional groups attached to an aromatic ring is 1. The average molecular weight is 270 g/mol. The molecule has 2 aromatic heterocycles. The van der Waals surface area contributed by atoms with E-state index in [2.05, 4.69) is 25.1 Å². The maximum Gasteiger partial charge on any atom is 0.210 e. The van der Waals surface area contributed by atoms with E-state index < -0.39 is 0 Å². The highest BCUT2D eigenvalue weighted by Gasteiger charge is 2.10. The number of hydrogen-bond acceptors (Lipinski definition) is 7. The highest BCUT2D eigenvalue weighted by Crippen LogP contribution is 2.21. The molecule has 3 aromatic rings. The Balaban J connectivity index is 2.23. The lowest BCUT2D eigenvalue weighted by atomic mass is 10.2. The molecule has 94 valence electrons. The maximum atomic E-state index is 5.89. The predicted molar refractivity (Wildman–Crippen MR) is 74.6 cm³/mol. The van der Waals surface area contributed by atoms with Gasteiger partial charge in [-0.3, -0.25) is 0 Å². The molecule has 0 spiro atoms. The second kappa shape index (κ2) is 4.77. The lowest BCUT2D eigenvalue weighted by Gasteiger charge is -2.04. The molecule has 0 bridgehead atoms. The van der Waals surface area contributed by atoms with Gasteiger partial charge in [0.1, 0.15) is 0 Å². The monoisotopic (exact) mass is 270 g/mol. The lowest BCUT2D eigenvalue weighted by Crippen LogP contribution is -2.03. The van der Waals surface area contributed by atoms with Crippen molar-refractivity contribution in [2.75, 3.05) is 12.0 Å². The third-order valence-corrected chi connectivity index (χ3v) is 3.08. The molecule has 1 aromatic carbocycles. The zero-order chi connectivity index (χ0) is 13.2. The first kappa shape index (κ1) is 11.8. The molecule has 19 heavy (non-hydrogen) atoms. The first-order chi connectivity index (χ1) is 9.28. The number of fused-ring (bicyclic) bond motifs is 1. The number of aromatic nitrogens is 5. The van der Waals surface area contributed by atoms with Crippen molar-refractivity contribution in [3.05, 3.63) is 30.3 Å². The summed E-state index contributed by atoms with van der Waals surface area (Å²) in [7, 11) is 0. The Morgan fingerprint density at radius 1 is 1.00 bits per heavy atom. The third-order valence-electron chi connectivity index (χ3n) is 2.54. The van der Waals surface area contributed by atoms with Crippen molar-refractivity contribution >= 4 is 28.7 Å². The van der Waals surface area contributed by atoms with Crippen LogP contribution in [0.3, 0.4) is 0 Å². The second-order valence-electron chi connectivity index (χ2n) is 3.77. The average Bonchev–Trinajstić information content (AvgIpc) is 2.47. The van der Waals surface area contributed by atoms with Crippen LogP contribution in [-0.4, -0.2) is 31.4 Å². The topological polar surface area (TPSA) is 90.5 Å². The van der Waals surface area contributed by atoms with E-state index >= 15 is 0 Å². The van der Waals surface area contributed by atoms with Crippen LogP contribution in [0, 0.1) is 0 Å². The molecule has 0 fully saturated rings. The van der Waals surface area contributed by atoms with Gasteiger partial charge in [-0.25, -0.2) is 9.97 Å². The smallest absolute Gasteiger partial charge is 0.210 e. The zero-order valence-corrected chi connectivity index (χ0v) is 10.9. The van der Waals surface area contributed by atoms with Crippen molar-refractivity contribution in [2.45, 2.75) is 5.16 Å². The van der Waals surface area contributed by atoms with Gasteiger partial charge in [0.05, 0.1) is 0 Å². The van der Waals surface area contributed by atoms with Crippen molar-refractivity contribution in [2.24, 2.45) is 0 Å². The molecule has 6 nitrogen and oxygen atoms in total. The minimum Gasteiger partial charge on any atom is -0.382 e. The van der Waals surface area contributed by atoms with Crippen molar-refractivity contribution in [1.82, 2.24) is 25.1 Å². The molecule has 0 saturated heterocycles. The first-order valence-electron chi connectivity index (χ1n) is 5.55. The standard InChI is InChI=1S/C12H10N6S/c1-19-12-16-11-8(17-18-12)9(13)14-10(15-11)7-5-3-2-4-6-7/h2-6H,1H3,(H2,13,14,15,16,18). The fraction of sp³-hybridized carbons (Fsp3) is 0.0833. The normalized spacial score (nSPS) is 10.8. The Morgan fingerprint density at radius 2 is 1.79 bits per heavy atom. The Kier molecular flexibility index (Phi) is 2.96. The summed E-state index contributed by atoms with van der Waals surface area (Å²) in [6.07, 6.45) is 1.88. The molecule has 0 aliphatic heterocycles. The summed E-state index contributed by atoms with van der Waals surface area (Å²) in [5.41, 5.74) is 7.67. The quantitative estimate of drug-likeness (QED) is 0.710. The van der Waals surface area contributed by atoms with Crippen LogP contribution in [0.15, 0.2) is 35.5 Å². The van der Waals surface area contributed by atoms with Crippen molar-refractivity contribution in [1.29, 1.82) is 0 Å². The van der Waals surface area contributed by atoms with Crippen molar-refractivity contribution in [3.63, 3.8) is 0 Å². The van der Waals surface area contributed by atoms with Crippen molar-refractivity contribution in [3.8, 4) is 11.4 Å². The molecule has 0 unspecified atom stereocenters. The number of thioether (sulfide) groups is 1. The SMILES string of the molecule is CSc1nnc2c(N)nc(-c3ccccc3)nc2n1. The number of rotatable bonds is 2. The molecule has 0 radical (unpaired) electrons. The molecular formula is C12H10N6S. The number of anilines is 1. The van der Waals surface area contributed by atoms with Gasteiger partial charge in [-0.15, -0.1) is 10.2 Å². The van der Waals surface area contributed by atoms with Gasteiger partial charge in [-0.2, -0.15) is 4.98 Å². The van der Waals surface area contributed by atoms with E-state index in [1.165, 1.54) is 11.8 Å². The van der Waals surface area contributed by atoms with Crippen LogP contribution in [0.4, 0.5) is 5.82 Å². The summed E-state index contributed by atoms with van der Waals surface area (Å²) in [5, 5.41) is 8.49. The van der Waals surface area contributed by atoms with E-state index in [9.17, 15) is 0 Å². The summed E-state index contributed by atoms with van der Waals surface area (Å²) < 4.78 is 0. The summed E-state index contributed by atoms with van der Waals surface area (Å²) in [6, 6.07) is 9.62. The molecule has 0 atom stereocenters. The molecule has 0 aliphatic carbocycles. The van der Waals surface area contributed by atoms with Gasteiger partial charge in [0.25, 0.3) is 0 Å². The Hall–Kier alpha value is -2.28. The fourth-order valence-corrected chi connectivity index (χ4v) is 1.94. The highest BCUT2D eigenvalue weighted by atomic mass is 32.2. The summed E-state index contributed by atoms with van der Waals surface area (Å²) in [4.78, 5) is 12.9. The van der Waals surface area contributed by atoms with E-state index in [0.717, 1.165) is 5.56 Å². The van der Waals surface area contributed by atoms with E-state index in [4.69, 9.17) is 5.73 Å². The van der Waals surface area contributed by atoms with Crippen LogP contribution < -0.4 is 5.73 Å². The number of nitrogens with zero attached hydrogens (tertiary/aromatic N) is 5. The van der Waals surface area contributed by atoms with Crippen LogP contribution in [-0.2, 0) is 0 Å². The van der Waals surface area contributed by atoms with Gasteiger partial charge in [0, 0.05) is 5.56 Å². The Bertz CT molecular complexity index is 731. The molecule has 3 rings (SSSR count). The first-order valence-corrected chi connectivity index (χ1v) is 6.78. The van der Waals surface area contributed by atoms with Crippen LogP contribution in [0.5, 0.6) is 0 Å². The van der Waals surface area contributed by atoms with Crippen LogP contribution in [0.25, 0.3) is 22.6 Å². The second-order valence-corrected chi connectivity index (χ2v) is 4.54.